The number of likely N-dealkylation sites (N-methyl/N-ethyl adjacent to an activating group) is 1. The van der Waals surface area contributed by atoms with Crippen LogP contribution in [0.5, 0.6) is 5.75 Å². The number of nitrogens with zero attached hydrogens (tertiary/aromatic N) is 1. The smallest absolute Gasteiger partial charge is 0.342 e. The molecule has 1 aliphatic heterocycles. The van der Waals surface area contributed by atoms with Crippen LogP contribution in [0.25, 0.3) is 10.8 Å². The summed E-state index contributed by atoms with van der Waals surface area (Å²) in [4.78, 5) is 25.7. The van der Waals surface area contributed by atoms with Gasteiger partial charge in [0.05, 0.1) is 11.5 Å². The zero-order valence-electron chi connectivity index (χ0n) is 14.2. The number of hydrogen-bond donors (Lipinski definition) is 1. The van der Waals surface area contributed by atoms with Crippen molar-refractivity contribution in [2.45, 2.75) is 12.5 Å². The van der Waals surface area contributed by atoms with Crippen molar-refractivity contribution in [3.8, 4) is 5.75 Å². The summed E-state index contributed by atoms with van der Waals surface area (Å²) in [5, 5.41) is 11.6. The minimum atomic E-state index is -3.11. The Bertz CT molecular complexity index is 969. The maximum atomic E-state index is 12.2. The molecule has 3 rings (SSSR count). The molecule has 1 atom stereocenters. The predicted octanol–water partition coefficient (Wildman–Crippen LogP) is 1.35. The third kappa shape index (κ3) is 3.80. The van der Waals surface area contributed by atoms with Crippen LogP contribution in [0.1, 0.15) is 16.8 Å². The number of esters is 1. The van der Waals surface area contributed by atoms with Gasteiger partial charge in [-0.25, -0.2) is 13.2 Å². The number of rotatable bonds is 4. The Morgan fingerprint density at radius 3 is 2.50 bits per heavy atom. The number of hydrogen-bond acceptors (Lipinski definition) is 6. The molecule has 0 unspecified atom stereocenters. The average molecular weight is 377 g/mol. The van der Waals surface area contributed by atoms with Crippen molar-refractivity contribution in [2.24, 2.45) is 0 Å². The van der Waals surface area contributed by atoms with Gasteiger partial charge < -0.3 is 14.7 Å². The first kappa shape index (κ1) is 18.2. The summed E-state index contributed by atoms with van der Waals surface area (Å²) in [7, 11) is -1.61. The van der Waals surface area contributed by atoms with Crippen molar-refractivity contribution in [2.75, 3.05) is 25.2 Å². The maximum absolute atomic E-state index is 12.2. The molecular formula is C18H19NO6S. The molecule has 26 heavy (non-hydrogen) atoms. The van der Waals surface area contributed by atoms with Gasteiger partial charge in [-0.05, 0) is 29.3 Å². The first-order valence-electron chi connectivity index (χ1n) is 8.12. The van der Waals surface area contributed by atoms with Gasteiger partial charge in [0, 0.05) is 13.1 Å². The first-order valence-corrected chi connectivity index (χ1v) is 9.94. The van der Waals surface area contributed by atoms with Crippen LogP contribution in [0.3, 0.4) is 0 Å². The summed E-state index contributed by atoms with van der Waals surface area (Å²) in [6, 6.07) is 9.79. The highest BCUT2D eigenvalue weighted by Crippen LogP contribution is 2.25. The topological polar surface area (TPSA) is 101 Å². The number of phenolic OH excluding ortho intramolecular Hbond substituents is 1. The number of benzene rings is 2. The van der Waals surface area contributed by atoms with E-state index >= 15 is 0 Å². The number of ether oxygens (including phenoxy) is 1. The molecule has 8 heteroatoms. The third-order valence-electron chi connectivity index (χ3n) is 4.56. The van der Waals surface area contributed by atoms with Gasteiger partial charge in [-0.2, -0.15) is 0 Å². The lowest BCUT2D eigenvalue weighted by Crippen LogP contribution is -2.40. The van der Waals surface area contributed by atoms with Crippen LogP contribution in [0, 0.1) is 0 Å². The molecule has 1 amide bonds. The Kier molecular flexibility index (Phi) is 4.86. The second-order valence-electron chi connectivity index (χ2n) is 6.35. The number of phenols is 1. The number of fused-ring (bicyclic) bond motifs is 1. The Hall–Kier alpha value is -2.61. The predicted molar refractivity (Wildman–Crippen MR) is 95.7 cm³/mol. The van der Waals surface area contributed by atoms with Crippen LogP contribution in [-0.2, 0) is 19.4 Å². The van der Waals surface area contributed by atoms with Gasteiger partial charge in [0.1, 0.15) is 11.3 Å². The fourth-order valence-electron chi connectivity index (χ4n) is 2.98. The van der Waals surface area contributed by atoms with Crippen molar-refractivity contribution in [3.63, 3.8) is 0 Å². The number of carbonyl (C=O) groups is 2. The van der Waals surface area contributed by atoms with E-state index in [4.69, 9.17) is 4.74 Å². The van der Waals surface area contributed by atoms with E-state index in [1.807, 2.05) is 12.1 Å². The molecule has 0 radical (unpaired) electrons. The SMILES string of the molecule is CN(C(=O)COC(=O)c1cc2ccccc2cc1O)[C@@H]1CCS(=O)(=O)C1. The normalized spacial score (nSPS) is 18.6. The number of aromatic hydroxyl groups is 1. The second kappa shape index (κ2) is 6.95. The molecular weight excluding hydrogens is 358 g/mol. The van der Waals surface area contributed by atoms with E-state index < -0.39 is 34.4 Å². The van der Waals surface area contributed by atoms with Crippen LogP contribution in [0.4, 0.5) is 0 Å². The fourth-order valence-corrected chi connectivity index (χ4v) is 4.76. The minimum Gasteiger partial charge on any atom is -0.507 e. The highest BCUT2D eigenvalue weighted by atomic mass is 32.2. The molecule has 1 heterocycles. The quantitative estimate of drug-likeness (QED) is 0.807. The summed E-state index contributed by atoms with van der Waals surface area (Å²) >= 11 is 0. The van der Waals surface area contributed by atoms with Crippen LogP contribution < -0.4 is 0 Å². The van der Waals surface area contributed by atoms with E-state index in [0.29, 0.717) is 6.42 Å². The Morgan fingerprint density at radius 2 is 1.88 bits per heavy atom. The minimum absolute atomic E-state index is 0.0254. The van der Waals surface area contributed by atoms with Crippen molar-refractivity contribution in [1.82, 2.24) is 4.90 Å². The summed E-state index contributed by atoms with van der Waals surface area (Å²) < 4.78 is 28.0. The third-order valence-corrected chi connectivity index (χ3v) is 6.31. The molecule has 0 aromatic heterocycles. The van der Waals surface area contributed by atoms with E-state index in [9.17, 15) is 23.1 Å². The van der Waals surface area contributed by atoms with Crippen molar-refractivity contribution in [3.05, 3.63) is 42.0 Å². The van der Waals surface area contributed by atoms with Crippen LogP contribution in [-0.4, -0.2) is 61.5 Å². The van der Waals surface area contributed by atoms with E-state index in [2.05, 4.69) is 0 Å². The molecule has 0 aliphatic carbocycles. The van der Waals surface area contributed by atoms with E-state index in [1.54, 1.807) is 12.1 Å². The van der Waals surface area contributed by atoms with Crippen LogP contribution in [0.2, 0.25) is 0 Å². The van der Waals surface area contributed by atoms with Gasteiger partial charge in [-0.1, -0.05) is 24.3 Å². The highest BCUT2D eigenvalue weighted by Gasteiger charge is 2.33. The average Bonchev–Trinajstić information content (AvgIpc) is 2.97. The molecule has 0 saturated carbocycles. The largest absolute Gasteiger partial charge is 0.507 e. The van der Waals surface area contributed by atoms with Gasteiger partial charge in [0.2, 0.25) is 0 Å². The lowest BCUT2D eigenvalue weighted by atomic mass is 10.1. The molecule has 7 nitrogen and oxygen atoms in total. The van der Waals surface area contributed by atoms with Crippen molar-refractivity contribution in [1.29, 1.82) is 0 Å². The Labute approximate surface area is 151 Å². The summed E-state index contributed by atoms with van der Waals surface area (Å²) in [6.07, 6.45) is 0.379. The van der Waals surface area contributed by atoms with Gasteiger partial charge in [0.25, 0.3) is 5.91 Å². The lowest BCUT2D eigenvalue weighted by molar-refractivity contribution is -0.134. The standard InChI is InChI=1S/C18H19NO6S/c1-19(14-6-7-26(23,24)11-14)17(21)10-25-18(22)15-8-12-4-2-3-5-13(12)9-16(15)20/h2-5,8-9,14,20H,6-7,10-11H2,1H3/t14-/m1/s1. The summed E-state index contributed by atoms with van der Waals surface area (Å²) in [5.74, 6) is -1.54. The van der Waals surface area contributed by atoms with Crippen molar-refractivity contribution < 1.29 is 27.9 Å². The van der Waals surface area contributed by atoms with Crippen LogP contribution >= 0.6 is 0 Å². The monoisotopic (exact) mass is 377 g/mol. The highest BCUT2D eigenvalue weighted by molar-refractivity contribution is 7.91. The molecule has 1 saturated heterocycles. The molecule has 138 valence electrons. The molecule has 0 spiro atoms. The Morgan fingerprint density at radius 1 is 1.23 bits per heavy atom. The van der Waals surface area contributed by atoms with E-state index in [-0.39, 0.29) is 22.8 Å². The molecule has 0 bridgehead atoms. The van der Waals surface area contributed by atoms with Gasteiger partial charge in [0.15, 0.2) is 16.4 Å². The van der Waals surface area contributed by atoms with Gasteiger partial charge in [-0.3, -0.25) is 4.79 Å². The lowest BCUT2D eigenvalue weighted by Gasteiger charge is -2.23. The molecule has 2 aromatic rings. The number of amides is 1. The molecule has 1 aliphatic rings. The van der Waals surface area contributed by atoms with Crippen molar-refractivity contribution >= 4 is 32.5 Å². The van der Waals surface area contributed by atoms with E-state index in [1.165, 1.54) is 24.1 Å². The van der Waals surface area contributed by atoms with Gasteiger partial charge in [-0.15, -0.1) is 0 Å². The van der Waals surface area contributed by atoms with E-state index in [0.717, 1.165) is 10.8 Å². The maximum Gasteiger partial charge on any atom is 0.342 e. The number of sulfone groups is 1. The van der Waals surface area contributed by atoms with Crippen LogP contribution in [0.15, 0.2) is 36.4 Å². The Balaban J connectivity index is 1.65. The van der Waals surface area contributed by atoms with Gasteiger partial charge >= 0.3 is 5.97 Å². The second-order valence-corrected chi connectivity index (χ2v) is 8.58. The summed E-state index contributed by atoms with van der Waals surface area (Å²) in [6.45, 7) is -0.516. The molecule has 1 N–H and O–H groups in total. The zero-order valence-corrected chi connectivity index (χ0v) is 15.0. The summed E-state index contributed by atoms with van der Waals surface area (Å²) in [5.41, 5.74) is -0.0254. The zero-order chi connectivity index (χ0) is 18.9. The fraction of sp³-hybridized carbons (Fsp3) is 0.333. The number of carbonyl (C=O) groups excluding carboxylic acids is 2. The molecule has 1 fully saturated rings. The molecule has 2 aromatic carbocycles. The first-order chi connectivity index (χ1) is 12.3.